The van der Waals surface area contributed by atoms with Gasteiger partial charge >= 0.3 is 0 Å². The highest BCUT2D eigenvalue weighted by Gasteiger charge is 2.36. The van der Waals surface area contributed by atoms with E-state index in [0.29, 0.717) is 19.4 Å². The van der Waals surface area contributed by atoms with Gasteiger partial charge < -0.3 is 9.53 Å². The number of ketones is 1. The lowest BCUT2D eigenvalue weighted by molar-refractivity contribution is -0.121. The molecule has 0 aliphatic heterocycles. The van der Waals surface area contributed by atoms with Gasteiger partial charge in [-0.25, -0.2) is 0 Å². The first-order chi connectivity index (χ1) is 11.1. The molecule has 1 aromatic rings. The molecule has 0 spiro atoms. The molecule has 1 atom stereocenters. The van der Waals surface area contributed by atoms with Crippen LogP contribution in [0.5, 0.6) is 0 Å². The summed E-state index contributed by atoms with van der Waals surface area (Å²) in [7, 11) is -1.72. The van der Waals surface area contributed by atoms with Gasteiger partial charge in [-0.2, -0.15) is 0 Å². The monoisotopic (exact) mass is 350 g/mol. The number of rotatable bonds is 10. The Morgan fingerprint density at radius 1 is 1.21 bits per heavy atom. The van der Waals surface area contributed by atoms with E-state index in [9.17, 15) is 9.90 Å². The lowest BCUT2D eigenvalue weighted by Crippen LogP contribution is -2.41. The molecule has 0 fully saturated rings. The Morgan fingerprint density at radius 3 is 2.42 bits per heavy atom. The largest absolute Gasteiger partial charge is 0.417 e. The van der Waals surface area contributed by atoms with E-state index in [1.54, 1.807) is 0 Å². The second kappa shape index (κ2) is 9.49. The van der Waals surface area contributed by atoms with Crippen molar-refractivity contribution in [1.29, 1.82) is 0 Å². The van der Waals surface area contributed by atoms with E-state index in [0.717, 1.165) is 12.8 Å². The zero-order chi connectivity index (χ0) is 18.2. The summed E-state index contributed by atoms with van der Waals surface area (Å²) >= 11 is 0. The van der Waals surface area contributed by atoms with Gasteiger partial charge in [0.1, 0.15) is 5.78 Å². The van der Waals surface area contributed by atoms with Crippen molar-refractivity contribution in [1.82, 2.24) is 0 Å². The van der Waals surface area contributed by atoms with Crippen LogP contribution >= 0.6 is 0 Å². The normalized spacial score (nSPS) is 13.8. The molecule has 0 saturated heterocycles. The predicted molar refractivity (Wildman–Crippen MR) is 103 cm³/mol. The van der Waals surface area contributed by atoms with Crippen LogP contribution in [0.3, 0.4) is 0 Å². The number of Topliss-reactive ketones (excluding diaryl/α,β-unsaturated/α-hetero) is 1. The summed E-state index contributed by atoms with van der Waals surface area (Å²) in [5.74, 6) is 0.134. The maximum absolute atomic E-state index is 12.0. The fourth-order valence-corrected chi connectivity index (χ4v) is 3.35. The van der Waals surface area contributed by atoms with Gasteiger partial charge in [0.05, 0.1) is 6.10 Å². The van der Waals surface area contributed by atoms with Crippen molar-refractivity contribution >= 4 is 14.1 Å². The molecule has 1 N–H and O–H groups in total. The molecule has 3 nitrogen and oxygen atoms in total. The summed E-state index contributed by atoms with van der Waals surface area (Å²) in [6.07, 6.45) is 2.40. The summed E-state index contributed by atoms with van der Waals surface area (Å²) in [6, 6.07) is 10.1. The fraction of sp³-hybridized carbons (Fsp3) is 0.650. The number of benzene rings is 1. The fourth-order valence-electron chi connectivity index (χ4n) is 2.26. The number of aryl methyl sites for hydroxylation is 1. The quantitative estimate of drug-likeness (QED) is 0.489. The Labute approximate surface area is 148 Å². The summed E-state index contributed by atoms with van der Waals surface area (Å²) < 4.78 is 6.08. The summed E-state index contributed by atoms with van der Waals surface area (Å²) in [4.78, 5) is 12.0. The summed E-state index contributed by atoms with van der Waals surface area (Å²) in [5.41, 5.74) is 1.20. The molecule has 0 aromatic heterocycles. The van der Waals surface area contributed by atoms with Gasteiger partial charge in [0.2, 0.25) is 0 Å². The van der Waals surface area contributed by atoms with Crippen LogP contribution in [0.1, 0.15) is 52.0 Å². The third kappa shape index (κ3) is 7.73. The molecule has 0 bridgehead atoms. The molecule has 0 saturated carbocycles. The topological polar surface area (TPSA) is 46.5 Å². The third-order valence-electron chi connectivity index (χ3n) is 4.94. The van der Waals surface area contributed by atoms with Crippen molar-refractivity contribution in [2.75, 3.05) is 6.61 Å². The van der Waals surface area contributed by atoms with Crippen molar-refractivity contribution in [3.63, 3.8) is 0 Å². The van der Waals surface area contributed by atoms with E-state index >= 15 is 0 Å². The first kappa shape index (κ1) is 21.1. The van der Waals surface area contributed by atoms with E-state index in [2.05, 4.69) is 33.9 Å². The van der Waals surface area contributed by atoms with E-state index in [1.165, 1.54) is 5.56 Å². The van der Waals surface area contributed by atoms with Gasteiger partial charge in [-0.15, -0.1) is 0 Å². The van der Waals surface area contributed by atoms with Crippen LogP contribution < -0.4 is 0 Å². The van der Waals surface area contributed by atoms with Crippen LogP contribution in [0.15, 0.2) is 30.3 Å². The minimum Gasteiger partial charge on any atom is -0.417 e. The van der Waals surface area contributed by atoms with Crippen molar-refractivity contribution in [3.05, 3.63) is 35.9 Å². The van der Waals surface area contributed by atoms with Crippen LogP contribution in [0.4, 0.5) is 0 Å². The number of hydrogen-bond donors (Lipinski definition) is 1. The molecule has 0 amide bonds. The second-order valence-corrected chi connectivity index (χ2v) is 12.9. The molecule has 0 aliphatic carbocycles. The minimum atomic E-state index is -1.72. The SMILES string of the molecule is CC(C)(C)[Si](C)(C)OCCCC(=O)C[C@H](O)CCc1ccccc1. The van der Waals surface area contributed by atoms with Gasteiger partial charge in [0.15, 0.2) is 8.32 Å². The molecule has 24 heavy (non-hydrogen) atoms. The van der Waals surface area contributed by atoms with Crippen LogP contribution in [-0.2, 0) is 15.6 Å². The first-order valence-corrected chi connectivity index (χ1v) is 11.9. The van der Waals surface area contributed by atoms with E-state index in [-0.39, 0.29) is 17.2 Å². The molecular formula is C20H34O3Si. The van der Waals surface area contributed by atoms with Gasteiger partial charge in [0.25, 0.3) is 0 Å². The molecule has 0 unspecified atom stereocenters. The number of aliphatic hydroxyl groups excluding tert-OH is 1. The Morgan fingerprint density at radius 2 is 1.83 bits per heavy atom. The van der Waals surface area contributed by atoms with Crippen LogP contribution in [-0.4, -0.2) is 31.9 Å². The maximum Gasteiger partial charge on any atom is 0.191 e. The van der Waals surface area contributed by atoms with Gasteiger partial charge in [-0.05, 0) is 43.0 Å². The smallest absolute Gasteiger partial charge is 0.191 e. The third-order valence-corrected chi connectivity index (χ3v) is 9.48. The molecule has 4 heteroatoms. The average Bonchev–Trinajstić information content (AvgIpc) is 2.49. The molecule has 0 radical (unpaired) electrons. The standard InChI is InChI=1S/C20H34O3Si/c1-20(2,3)24(4,5)23-15-9-12-18(21)16-19(22)14-13-17-10-7-6-8-11-17/h6-8,10-11,19,22H,9,12-16H2,1-5H3/t19-/m1/s1. The number of hydrogen-bond acceptors (Lipinski definition) is 3. The van der Waals surface area contributed by atoms with Crippen LogP contribution in [0.2, 0.25) is 18.1 Å². The highest BCUT2D eigenvalue weighted by atomic mass is 28.4. The summed E-state index contributed by atoms with van der Waals surface area (Å²) in [6.45, 7) is 11.7. The second-order valence-electron chi connectivity index (χ2n) is 8.13. The maximum atomic E-state index is 12.0. The van der Waals surface area contributed by atoms with Crippen LogP contribution in [0, 0.1) is 0 Å². The van der Waals surface area contributed by atoms with Crippen molar-refractivity contribution in [2.45, 2.75) is 77.1 Å². The Hall–Kier alpha value is -0.973. The van der Waals surface area contributed by atoms with Crippen molar-refractivity contribution in [2.24, 2.45) is 0 Å². The van der Waals surface area contributed by atoms with Gasteiger partial charge in [-0.3, -0.25) is 4.79 Å². The molecule has 0 aliphatic rings. The zero-order valence-electron chi connectivity index (χ0n) is 16.0. The Bertz CT molecular complexity index is 491. The molecule has 1 rings (SSSR count). The van der Waals surface area contributed by atoms with E-state index in [1.807, 2.05) is 30.3 Å². The molecule has 1 aromatic carbocycles. The average molecular weight is 351 g/mol. The highest BCUT2D eigenvalue weighted by Crippen LogP contribution is 2.36. The van der Waals surface area contributed by atoms with Crippen molar-refractivity contribution < 1.29 is 14.3 Å². The van der Waals surface area contributed by atoms with E-state index in [4.69, 9.17) is 4.43 Å². The van der Waals surface area contributed by atoms with E-state index < -0.39 is 14.4 Å². The number of carbonyl (C=O) groups excluding carboxylic acids is 1. The van der Waals surface area contributed by atoms with Crippen molar-refractivity contribution in [3.8, 4) is 0 Å². The lowest BCUT2D eigenvalue weighted by Gasteiger charge is -2.36. The first-order valence-electron chi connectivity index (χ1n) is 8.99. The number of carbonyl (C=O) groups is 1. The highest BCUT2D eigenvalue weighted by molar-refractivity contribution is 6.74. The Balaban J connectivity index is 2.19. The van der Waals surface area contributed by atoms with Crippen LogP contribution in [0.25, 0.3) is 0 Å². The lowest BCUT2D eigenvalue weighted by atomic mass is 10.0. The summed E-state index contributed by atoms with van der Waals surface area (Å²) in [5, 5.41) is 10.2. The zero-order valence-corrected chi connectivity index (χ0v) is 17.0. The number of aliphatic hydroxyl groups is 1. The Kier molecular flexibility index (Phi) is 8.34. The molecule has 0 heterocycles. The predicted octanol–water partition coefficient (Wildman–Crippen LogP) is 4.74. The molecular weight excluding hydrogens is 316 g/mol. The minimum absolute atomic E-state index is 0.134. The van der Waals surface area contributed by atoms with Gasteiger partial charge in [0, 0.05) is 19.4 Å². The molecule has 136 valence electrons. The van der Waals surface area contributed by atoms with Gasteiger partial charge in [-0.1, -0.05) is 51.1 Å².